The zero-order valence-corrected chi connectivity index (χ0v) is 26.0. The van der Waals surface area contributed by atoms with Crippen LogP contribution in [0.1, 0.15) is 70.1 Å². The topological polar surface area (TPSA) is 66.6 Å². The smallest absolute Gasteiger partial charge is 0.379 e. The largest absolute Gasteiger partial charge is 0.418 e. The first-order chi connectivity index (χ1) is 20.5. The summed E-state index contributed by atoms with van der Waals surface area (Å²) in [7, 11) is 3.61. The van der Waals surface area contributed by atoms with Gasteiger partial charge in [-0.3, -0.25) is 13.9 Å². The summed E-state index contributed by atoms with van der Waals surface area (Å²) in [5.41, 5.74) is 0.655. The highest BCUT2D eigenvalue weighted by atomic mass is 19.4. The summed E-state index contributed by atoms with van der Waals surface area (Å²) in [6.07, 6.45) is 5.73. The van der Waals surface area contributed by atoms with Crippen molar-refractivity contribution in [1.29, 1.82) is 0 Å². The molecule has 8 nitrogen and oxygen atoms in total. The molecule has 1 radical (unpaired) electrons. The van der Waals surface area contributed by atoms with E-state index in [0.717, 1.165) is 42.1 Å². The Kier molecular flexibility index (Phi) is 10.3. The molecule has 1 saturated carbocycles. The molecule has 0 bridgehead atoms. The molecule has 0 unspecified atom stereocenters. The van der Waals surface area contributed by atoms with Gasteiger partial charge in [-0.1, -0.05) is 32.9 Å². The lowest BCUT2D eigenvalue weighted by Gasteiger charge is -2.31. The molecule has 3 aromatic rings. The fraction of sp³-hybridized carbons (Fsp3) is 0.531. The number of ether oxygens (including phenoxy) is 1. The number of aromatic nitrogens is 2. The summed E-state index contributed by atoms with van der Waals surface area (Å²) in [5, 5.41) is 7.95. The summed E-state index contributed by atoms with van der Waals surface area (Å²) in [4.78, 5) is 15.5. The van der Waals surface area contributed by atoms with E-state index in [9.17, 15) is 18.0 Å². The van der Waals surface area contributed by atoms with Crippen molar-refractivity contribution in [2.24, 2.45) is 16.1 Å². The van der Waals surface area contributed by atoms with E-state index in [-0.39, 0.29) is 5.52 Å². The predicted octanol–water partition coefficient (Wildman–Crippen LogP) is 6.72. The zero-order chi connectivity index (χ0) is 31.4. The van der Waals surface area contributed by atoms with Gasteiger partial charge < -0.3 is 4.74 Å². The Morgan fingerprint density at radius 1 is 1.14 bits per heavy atom. The molecule has 2 aliphatic heterocycles. The normalized spacial score (nSPS) is 19.8. The van der Waals surface area contributed by atoms with E-state index in [4.69, 9.17) is 4.74 Å². The molecule has 1 aliphatic carbocycles. The highest BCUT2D eigenvalue weighted by molar-refractivity contribution is 5.58. The average Bonchev–Trinajstić information content (AvgIpc) is 3.46. The maximum absolute atomic E-state index is 14.0. The first-order valence-electron chi connectivity index (χ1n) is 15.0. The van der Waals surface area contributed by atoms with Gasteiger partial charge in [-0.05, 0) is 79.5 Å². The van der Waals surface area contributed by atoms with E-state index in [0.29, 0.717) is 35.7 Å². The van der Waals surface area contributed by atoms with E-state index in [1.54, 1.807) is 42.4 Å². The van der Waals surface area contributed by atoms with Crippen LogP contribution in [-0.2, 0) is 23.9 Å². The highest BCUT2D eigenvalue weighted by Crippen LogP contribution is 2.37. The number of methoxy groups -OCH3 is 1. The van der Waals surface area contributed by atoms with Gasteiger partial charge >= 0.3 is 24.4 Å². The summed E-state index contributed by atoms with van der Waals surface area (Å²) in [6.45, 7) is 10.4. The standard InChI is InChI=1S/C25H27F3N6O.C5H10O.C2H6/c1-17-5-4-8-32(12-17)13-19-10-21(25(26,27)28)22-15-33(24(35)34(22)14-19)20-7-3-6-18(9-20)11-23-30-29-16-31(23)2;1-5(6-2)3-4-5;1-2/h3,6-7,9-10,14-17H,4-5,8,11-13H2,1-2H3;3-4H2,1-2H3;1-2H3/q+1;;/t17-;;/m0../s1. The van der Waals surface area contributed by atoms with Gasteiger partial charge in [0.2, 0.25) is 0 Å². The Hall–Kier alpha value is -3.31. The van der Waals surface area contributed by atoms with Crippen LogP contribution < -0.4 is 5.69 Å². The second kappa shape index (κ2) is 13.5. The third-order valence-electron chi connectivity index (χ3n) is 8.08. The van der Waals surface area contributed by atoms with Crippen LogP contribution in [0, 0.1) is 12.1 Å². The van der Waals surface area contributed by atoms with Crippen molar-refractivity contribution in [3.8, 4) is 5.69 Å². The van der Waals surface area contributed by atoms with Crippen molar-refractivity contribution < 1.29 is 22.5 Å². The molecule has 0 N–H and O–H groups in total. The van der Waals surface area contributed by atoms with Crippen LogP contribution in [0.5, 0.6) is 0 Å². The molecule has 0 spiro atoms. The van der Waals surface area contributed by atoms with Crippen LogP contribution in [0.15, 0.2) is 57.7 Å². The number of rotatable bonds is 6. The SMILES string of the molecule is CC.COC1(C)CC1.C[C@H]1CCCN(Cc2cc(C(F)(F)F)c3cn(-c4cccc(C[C]5N=NC=[N+]5C)c4)c(=O)n3c2)C1. The van der Waals surface area contributed by atoms with Crippen LogP contribution in [0.4, 0.5) is 13.2 Å². The van der Waals surface area contributed by atoms with Crippen LogP contribution in [-0.4, -0.2) is 57.6 Å². The zero-order valence-electron chi connectivity index (χ0n) is 26.0. The Morgan fingerprint density at radius 2 is 1.88 bits per heavy atom. The average molecular weight is 601 g/mol. The third-order valence-corrected chi connectivity index (χ3v) is 8.08. The second-order valence-electron chi connectivity index (χ2n) is 11.6. The monoisotopic (exact) mass is 600 g/mol. The molecule has 2 aromatic heterocycles. The van der Waals surface area contributed by atoms with Gasteiger partial charge in [0.1, 0.15) is 0 Å². The number of hydrogen-bond acceptors (Lipinski definition) is 5. The van der Waals surface area contributed by atoms with Crippen molar-refractivity contribution in [3.63, 3.8) is 0 Å². The Labute approximate surface area is 251 Å². The molecular formula is C32H43F3N6O2+. The minimum absolute atomic E-state index is 0.156. The second-order valence-corrected chi connectivity index (χ2v) is 11.6. The van der Waals surface area contributed by atoms with Gasteiger partial charge in [0.05, 0.1) is 34.5 Å². The fourth-order valence-electron chi connectivity index (χ4n) is 5.28. The van der Waals surface area contributed by atoms with Gasteiger partial charge in [0, 0.05) is 39.0 Å². The molecule has 233 valence electrons. The van der Waals surface area contributed by atoms with Gasteiger partial charge in [-0.25, -0.2) is 9.37 Å². The van der Waals surface area contributed by atoms with Crippen molar-refractivity contribution in [2.45, 2.75) is 78.1 Å². The third kappa shape index (κ3) is 8.00. The summed E-state index contributed by atoms with van der Waals surface area (Å²) in [5.74, 6) is 0.507. The first kappa shape index (κ1) is 32.6. The lowest BCUT2D eigenvalue weighted by atomic mass is 10.00. The first-order valence-corrected chi connectivity index (χ1v) is 15.0. The molecule has 2 fully saturated rings. The molecule has 43 heavy (non-hydrogen) atoms. The predicted molar refractivity (Wildman–Crippen MR) is 162 cm³/mol. The molecule has 3 aliphatic rings. The highest BCUT2D eigenvalue weighted by Gasteiger charge is 2.37. The molecule has 4 heterocycles. The molecule has 1 atom stereocenters. The Bertz CT molecular complexity index is 1520. The molecule has 6 rings (SSSR count). The summed E-state index contributed by atoms with van der Waals surface area (Å²) in [6, 6.07) is 8.35. The van der Waals surface area contributed by atoms with Crippen molar-refractivity contribution in [2.75, 3.05) is 27.2 Å². The van der Waals surface area contributed by atoms with Gasteiger partial charge in [0.15, 0.2) is 0 Å². The molecule has 1 aromatic carbocycles. The van der Waals surface area contributed by atoms with Crippen molar-refractivity contribution in [1.82, 2.24) is 13.9 Å². The number of halogens is 3. The number of pyridine rings is 1. The Morgan fingerprint density at radius 3 is 2.47 bits per heavy atom. The Balaban J connectivity index is 0.000000466. The van der Waals surface area contributed by atoms with Crippen LogP contribution in [0.2, 0.25) is 0 Å². The number of nitrogens with zero attached hydrogens (tertiary/aromatic N) is 6. The minimum Gasteiger partial charge on any atom is -0.379 e. The van der Waals surface area contributed by atoms with Crippen molar-refractivity contribution >= 4 is 11.9 Å². The fourth-order valence-corrected chi connectivity index (χ4v) is 5.28. The number of benzene rings is 1. The van der Waals surface area contributed by atoms with Gasteiger partial charge in [0.25, 0.3) is 0 Å². The number of imidazole rings is 1. The summed E-state index contributed by atoms with van der Waals surface area (Å²) < 4.78 is 51.4. The number of likely N-dealkylation sites (tertiary alicyclic amines) is 1. The lowest BCUT2D eigenvalue weighted by Crippen LogP contribution is -2.34. The molecule has 11 heteroatoms. The van der Waals surface area contributed by atoms with Crippen LogP contribution in [0.3, 0.4) is 0 Å². The maximum atomic E-state index is 14.0. The minimum atomic E-state index is -4.58. The molecular weight excluding hydrogens is 557 g/mol. The lowest BCUT2D eigenvalue weighted by molar-refractivity contribution is -0.474. The van der Waals surface area contributed by atoms with E-state index in [1.807, 2.05) is 27.0 Å². The number of likely N-dealkylation sites (N-methyl/N-ethyl adjacent to an activating group) is 1. The number of hydrogen-bond donors (Lipinski definition) is 0. The van der Waals surface area contributed by atoms with Gasteiger partial charge in [-0.2, -0.15) is 13.2 Å². The number of alkyl halides is 3. The number of piperidine rings is 1. The summed E-state index contributed by atoms with van der Waals surface area (Å²) >= 11 is 0. The van der Waals surface area contributed by atoms with E-state index in [1.165, 1.54) is 29.7 Å². The van der Waals surface area contributed by atoms with E-state index in [2.05, 4.69) is 29.0 Å². The van der Waals surface area contributed by atoms with E-state index < -0.39 is 17.4 Å². The van der Waals surface area contributed by atoms with Crippen LogP contribution in [0.25, 0.3) is 11.2 Å². The van der Waals surface area contributed by atoms with E-state index >= 15 is 0 Å². The molecule has 0 amide bonds. The number of azo groups is 1. The molecule has 1 saturated heterocycles. The maximum Gasteiger partial charge on any atom is 0.418 e. The quantitative estimate of drug-likeness (QED) is 0.295. The van der Waals surface area contributed by atoms with Crippen molar-refractivity contribution in [3.05, 3.63) is 76.1 Å². The van der Waals surface area contributed by atoms with Gasteiger partial charge in [-0.15, -0.1) is 0 Å². The number of fused-ring (bicyclic) bond motifs is 1. The van der Waals surface area contributed by atoms with Crippen LogP contribution >= 0.6 is 0 Å².